The summed E-state index contributed by atoms with van der Waals surface area (Å²) in [5, 5.41) is 0. The van der Waals surface area contributed by atoms with Crippen molar-refractivity contribution in [2.75, 3.05) is 20.9 Å². The molecule has 0 aliphatic rings. The van der Waals surface area contributed by atoms with Crippen molar-refractivity contribution < 1.29 is 13.9 Å². The zero-order chi connectivity index (χ0) is 21.8. The van der Waals surface area contributed by atoms with E-state index in [2.05, 4.69) is 22.7 Å². The molecular formula is C21H19FN4O4. The number of hydrogen-bond donors (Lipinski definition) is 0. The number of terminal acetylenes is 1. The molecule has 0 fully saturated rings. The first-order chi connectivity index (χ1) is 14.5. The van der Waals surface area contributed by atoms with Gasteiger partial charge in [-0.25, -0.2) is 18.7 Å². The first-order valence-electron chi connectivity index (χ1n) is 8.90. The fraction of sp³-hybridized carbons (Fsp3) is 0.286. The van der Waals surface area contributed by atoms with Crippen LogP contribution in [0.3, 0.4) is 0 Å². The lowest BCUT2D eigenvalue weighted by Gasteiger charge is -2.08. The van der Waals surface area contributed by atoms with Gasteiger partial charge in [0.1, 0.15) is 6.67 Å². The van der Waals surface area contributed by atoms with Crippen LogP contribution in [0.2, 0.25) is 0 Å². The third-order valence-electron chi connectivity index (χ3n) is 4.50. The van der Waals surface area contributed by atoms with E-state index in [1.807, 2.05) is 0 Å². The minimum Gasteiger partial charge on any atom is -0.493 e. The van der Waals surface area contributed by atoms with E-state index in [0.717, 1.165) is 9.13 Å². The molecule has 0 saturated heterocycles. The number of imidazole rings is 1. The molecule has 1 aromatic carbocycles. The van der Waals surface area contributed by atoms with Crippen LogP contribution in [0.15, 0.2) is 27.8 Å². The molecule has 0 radical (unpaired) electrons. The molecule has 0 aliphatic heterocycles. The molecule has 8 nitrogen and oxygen atoms in total. The van der Waals surface area contributed by atoms with Gasteiger partial charge in [-0.3, -0.25) is 9.36 Å². The maximum atomic E-state index is 13.0. The van der Waals surface area contributed by atoms with E-state index in [-0.39, 0.29) is 30.1 Å². The lowest BCUT2D eigenvalue weighted by Crippen LogP contribution is -2.40. The van der Waals surface area contributed by atoms with Crippen molar-refractivity contribution in [3.05, 3.63) is 50.4 Å². The van der Waals surface area contributed by atoms with Crippen LogP contribution < -0.4 is 20.7 Å². The van der Waals surface area contributed by atoms with E-state index in [4.69, 9.17) is 15.9 Å². The van der Waals surface area contributed by atoms with Gasteiger partial charge in [-0.2, -0.15) is 0 Å². The number of benzene rings is 1. The SMILES string of the molecule is C#CCn1c(=O)c2c(nc(C#Cc3ccc(OC)c(OC)c3)n2C)n(CCF)c1=O. The van der Waals surface area contributed by atoms with Gasteiger partial charge in [-0.15, -0.1) is 6.42 Å². The maximum Gasteiger partial charge on any atom is 0.333 e. The Kier molecular flexibility index (Phi) is 5.93. The number of aromatic nitrogens is 4. The zero-order valence-corrected chi connectivity index (χ0v) is 16.7. The summed E-state index contributed by atoms with van der Waals surface area (Å²) in [4.78, 5) is 29.7. The normalized spacial score (nSPS) is 10.4. The zero-order valence-electron chi connectivity index (χ0n) is 16.7. The molecule has 0 atom stereocenters. The molecule has 0 unspecified atom stereocenters. The second-order valence-corrected chi connectivity index (χ2v) is 6.21. The third-order valence-corrected chi connectivity index (χ3v) is 4.50. The molecule has 154 valence electrons. The number of alkyl halides is 1. The Labute approximate surface area is 171 Å². The van der Waals surface area contributed by atoms with E-state index < -0.39 is 17.9 Å². The molecule has 30 heavy (non-hydrogen) atoms. The number of aryl methyl sites for hydroxylation is 2. The minimum atomic E-state index is -0.799. The maximum absolute atomic E-state index is 13.0. The molecule has 0 N–H and O–H groups in total. The van der Waals surface area contributed by atoms with Crippen LogP contribution in [0.5, 0.6) is 11.5 Å². The Morgan fingerprint density at radius 2 is 1.87 bits per heavy atom. The van der Waals surface area contributed by atoms with Gasteiger partial charge in [-0.05, 0) is 24.1 Å². The van der Waals surface area contributed by atoms with Gasteiger partial charge in [0, 0.05) is 12.6 Å². The number of ether oxygens (including phenoxy) is 2. The van der Waals surface area contributed by atoms with Crippen LogP contribution in [-0.4, -0.2) is 39.6 Å². The Hall–Kier alpha value is -3.98. The topological polar surface area (TPSA) is 80.3 Å². The van der Waals surface area contributed by atoms with E-state index in [9.17, 15) is 14.0 Å². The quantitative estimate of drug-likeness (QED) is 0.585. The molecule has 0 bridgehead atoms. The van der Waals surface area contributed by atoms with Crippen LogP contribution in [-0.2, 0) is 20.1 Å². The first kappa shape index (κ1) is 20.7. The predicted octanol–water partition coefficient (Wildman–Crippen LogP) is 0.916. The minimum absolute atomic E-state index is 0.0648. The van der Waals surface area contributed by atoms with E-state index in [1.54, 1.807) is 25.2 Å². The standard InChI is InChI=1S/C21H19FN4O4/c1-5-11-26-20(27)18-19(25(12-10-22)21(26)28)23-17(24(18)2)9-7-14-6-8-15(29-3)16(13-14)30-4/h1,6,8,13H,10-12H2,2-4H3. The summed E-state index contributed by atoms with van der Waals surface area (Å²) in [5.74, 6) is 9.41. The summed E-state index contributed by atoms with van der Waals surface area (Å²) in [6.45, 7) is -1.27. The molecule has 2 heterocycles. The largest absolute Gasteiger partial charge is 0.493 e. The monoisotopic (exact) mass is 410 g/mol. The van der Waals surface area contributed by atoms with Gasteiger partial charge in [-0.1, -0.05) is 11.8 Å². The number of fused-ring (bicyclic) bond motifs is 1. The molecule has 3 rings (SSSR count). The van der Waals surface area contributed by atoms with Crippen molar-refractivity contribution in [2.24, 2.45) is 7.05 Å². The molecule has 9 heteroatoms. The molecule has 3 aromatic rings. The van der Waals surface area contributed by atoms with E-state index in [0.29, 0.717) is 17.1 Å². The fourth-order valence-corrected chi connectivity index (χ4v) is 3.03. The van der Waals surface area contributed by atoms with E-state index in [1.165, 1.54) is 18.8 Å². The molecule has 0 saturated carbocycles. The van der Waals surface area contributed by atoms with Crippen LogP contribution >= 0.6 is 0 Å². The van der Waals surface area contributed by atoms with Gasteiger partial charge in [0.05, 0.1) is 27.3 Å². The lowest BCUT2D eigenvalue weighted by molar-refractivity contribution is 0.355. The van der Waals surface area contributed by atoms with Gasteiger partial charge in [0.15, 0.2) is 28.5 Å². The second-order valence-electron chi connectivity index (χ2n) is 6.21. The Balaban J connectivity index is 2.20. The summed E-state index contributed by atoms with van der Waals surface area (Å²) in [7, 11) is 4.65. The Morgan fingerprint density at radius 1 is 1.13 bits per heavy atom. The predicted molar refractivity (Wildman–Crippen MR) is 110 cm³/mol. The molecule has 0 spiro atoms. The summed E-state index contributed by atoms with van der Waals surface area (Å²) < 4.78 is 26.9. The smallest absolute Gasteiger partial charge is 0.333 e. The van der Waals surface area contributed by atoms with Gasteiger partial charge in [0.25, 0.3) is 5.56 Å². The molecule has 0 aliphatic carbocycles. The van der Waals surface area contributed by atoms with Gasteiger partial charge < -0.3 is 14.0 Å². The van der Waals surface area contributed by atoms with Crippen LogP contribution in [0, 0.1) is 24.2 Å². The second kappa shape index (κ2) is 8.58. The first-order valence-corrected chi connectivity index (χ1v) is 8.90. The van der Waals surface area contributed by atoms with Crippen molar-refractivity contribution in [3.8, 4) is 35.7 Å². The highest BCUT2D eigenvalue weighted by Gasteiger charge is 2.19. The Bertz CT molecular complexity index is 1330. The molecule has 0 amide bonds. The number of rotatable bonds is 5. The highest BCUT2D eigenvalue weighted by molar-refractivity contribution is 5.72. The summed E-state index contributed by atoms with van der Waals surface area (Å²) >= 11 is 0. The van der Waals surface area contributed by atoms with Crippen molar-refractivity contribution in [2.45, 2.75) is 13.1 Å². The summed E-state index contributed by atoms with van der Waals surface area (Å²) in [6, 6.07) is 5.17. The number of methoxy groups -OCH3 is 2. The van der Waals surface area contributed by atoms with Crippen molar-refractivity contribution in [1.82, 2.24) is 18.7 Å². The summed E-state index contributed by atoms with van der Waals surface area (Å²) in [6.07, 6.45) is 5.27. The number of halogens is 1. The fourth-order valence-electron chi connectivity index (χ4n) is 3.03. The van der Waals surface area contributed by atoms with Gasteiger partial charge in [0.2, 0.25) is 0 Å². The highest BCUT2D eigenvalue weighted by atomic mass is 19.1. The third kappa shape index (κ3) is 3.53. The molecule has 2 aromatic heterocycles. The average Bonchev–Trinajstić information content (AvgIpc) is 3.08. The number of nitrogens with zero attached hydrogens (tertiary/aromatic N) is 4. The average molecular weight is 410 g/mol. The summed E-state index contributed by atoms with van der Waals surface area (Å²) in [5.41, 5.74) is -0.492. The van der Waals surface area contributed by atoms with Crippen LogP contribution in [0.4, 0.5) is 4.39 Å². The molecular weight excluding hydrogens is 391 g/mol. The van der Waals surface area contributed by atoms with Crippen LogP contribution in [0.25, 0.3) is 11.2 Å². The van der Waals surface area contributed by atoms with Crippen molar-refractivity contribution in [3.63, 3.8) is 0 Å². The lowest BCUT2D eigenvalue weighted by atomic mass is 10.2. The Morgan fingerprint density at radius 3 is 2.50 bits per heavy atom. The van der Waals surface area contributed by atoms with Crippen LogP contribution in [0.1, 0.15) is 11.4 Å². The van der Waals surface area contributed by atoms with Crippen molar-refractivity contribution in [1.29, 1.82) is 0 Å². The van der Waals surface area contributed by atoms with Crippen molar-refractivity contribution >= 4 is 11.2 Å². The highest BCUT2D eigenvalue weighted by Crippen LogP contribution is 2.27. The number of hydrogen-bond acceptors (Lipinski definition) is 5. The van der Waals surface area contributed by atoms with E-state index >= 15 is 0 Å². The van der Waals surface area contributed by atoms with Gasteiger partial charge >= 0.3 is 5.69 Å².